The minimum Gasteiger partial charge on any atom is -0.376 e. The largest absolute Gasteiger partial charge is 0.376 e. The molecule has 0 saturated heterocycles. The van der Waals surface area contributed by atoms with Gasteiger partial charge in [0.2, 0.25) is 0 Å². The third-order valence-electron chi connectivity index (χ3n) is 7.92. The molecule has 0 aromatic heterocycles. The molecule has 0 atom stereocenters. The van der Waals surface area contributed by atoms with Gasteiger partial charge >= 0.3 is 0 Å². The van der Waals surface area contributed by atoms with Crippen LogP contribution in [0.2, 0.25) is 0 Å². The van der Waals surface area contributed by atoms with E-state index in [1.54, 1.807) is 0 Å². The first kappa shape index (κ1) is 39.9. The molecule has 0 aliphatic heterocycles. The second-order valence-corrected chi connectivity index (χ2v) is 12.6. The molecule has 0 aliphatic carbocycles. The Morgan fingerprint density at radius 2 is 0.707 bits per heavy atom. The van der Waals surface area contributed by atoms with E-state index < -0.39 is 0 Å². The van der Waals surface area contributed by atoms with Crippen molar-refractivity contribution in [3.63, 3.8) is 0 Å². The lowest BCUT2D eigenvalue weighted by Gasteiger charge is -2.20. The van der Waals surface area contributed by atoms with Crippen LogP contribution in [-0.2, 0) is 4.74 Å². The Bertz CT molecular complexity index is 548. The average Bonchev–Trinajstić information content (AvgIpc) is 2.96. The maximum atomic E-state index is 6.27. The minimum absolute atomic E-state index is 0.356. The van der Waals surface area contributed by atoms with Gasteiger partial charge in [0.15, 0.2) is 0 Å². The zero-order chi connectivity index (χ0) is 29.9. The summed E-state index contributed by atoms with van der Waals surface area (Å²) in [5, 5.41) is 0. The van der Waals surface area contributed by atoms with Crippen molar-refractivity contribution >= 4 is 0 Å². The van der Waals surface area contributed by atoms with Crippen LogP contribution in [0.4, 0.5) is 0 Å². The lowest BCUT2D eigenvalue weighted by Crippen LogP contribution is -2.18. The summed E-state index contributed by atoms with van der Waals surface area (Å²) in [5.41, 5.74) is 0. The Labute approximate surface area is 259 Å². The van der Waals surface area contributed by atoms with Gasteiger partial charge in [-0.25, -0.2) is 0 Å². The Balaban J connectivity index is 3.62. The number of hydrogen-bond acceptors (Lipinski definition) is 1. The summed E-state index contributed by atoms with van der Waals surface area (Å²) < 4.78 is 6.27. The van der Waals surface area contributed by atoms with Crippen LogP contribution in [0.5, 0.6) is 0 Å². The van der Waals surface area contributed by atoms with Gasteiger partial charge in [0.25, 0.3) is 0 Å². The lowest BCUT2D eigenvalue weighted by atomic mass is 10.0. The van der Waals surface area contributed by atoms with Crippen molar-refractivity contribution in [1.82, 2.24) is 0 Å². The van der Waals surface area contributed by atoms with Gasteiger partial charge in [0.1, 0.15) is 0 Å². The number of ether oxygens (including phenoxy) is 1. The predicted octanol–water partition coefficient (Wildman–Crippen LogP) is 14.2. The summed E-state index contributed by atoms with van der Waals surface area (Å²) in [5.74, 6) is 0. The summed E-state index contributed by atoms with van der Waals surface area (Å²) in [6, 6.07) is 0. The fourth-order valence-corrected chi connectivity index (χ4v) is 5.39. The lowest BCUT2D eigenvalue weighted by molar-refractivity contribution is -0.00398. The first-order chi connectivity index (χ1) is 20.2. The summed E-state index contributed by atoms with van der Waals surface area (Å²) in [7, 11) is 0. The van der Waals surface area contributed by atoms with E-state index in [1.165, 1.54) is 154 Å². The van der Waals surface area contributed by atoms with Crippen LogP contribution in [0.15, 0.2) is 48.6 Å². The van der Waals surface area contributed by atoms with E-state index in [4.69, 9.17) is 4.74 Å². The number of unbranched alkanes of at least 4 members (excludes halogenated alkanes) is 18. The van der Waals surface area contributed by atoms with Gasteiger partial charge in [-0.15, -0.1) is 0 Å². The van der Waals surface area contributed by atoms with Crippen molar-refractivity contribution in [3.8, 4) is 0 Å². The molecule has 0 aromatic rings. The summed E-state index contributed by atoms with van der Waals surface area (Å²) in [6.07, 6.45) is 54.0. The van der Waals surface area contributed by atoms with E-state index in [2.05, 4.69) is 76.3 Å². The Hall–Kier alpha value is -1.08. The average molecular weight is 571 g/mol. The van der Waals surface area contributed by atoms with Crippen molar-refractivity contribution in [1.29, 1.82) is 0 Å². The van der Waals surface area contributed by atoms with E-state index >= 15 is 0 Å². The fraction of sp³-hybridized carbons (Fsp3) is 0.800. The fourth-order valence-electron chi connectivity index (χ4n) is 5.39. The van der Waals surface area contributed by atoms with Crippen LogP contribution >= 0.6 is 0 Å². The third kappa shape index (κ3) is 35.0. The van der Waals surface area contributed by atoms with Crippen molar-refractivity contribution in [2.75, 3.05) is 0 Å². The molecule has 0 radical (unpaired) electrons. The van der Waals surface area contributed by atoms with E-state index in [9.17, 15) is 0 Å². The Morgan fingerprint density at radius 3 is 1.05 bits per heavy atom. The predicted molar refractivity (Wildman–Crippen MR) is 188 cm³/mol. The van der Waals surface area contributed by atoms with E-state index in [0.717, 1.165) is 12.8 Å². The summed E-state index contributed by atoms with van der Waals surface area (Å²) >= 11 is 0. The highest BCUT2D eigenvalue weighted by Gasteiger charge is 2.10. The van der Waals surface area contributed by atoms with Crippen molar-refractivity contribution in [2.24, 2.45) is 0 Å². The molecule has 0 unspecified atom stereocenters. The minimum atomic E-state index is 0.356. The molecule has 1 nitrogen and oxygen atoms in total. The molecule has 0 fully saturated rings. The van der Waals surface area contributed by atoms with Gasteiger partial charge in [-0.05, 0) is 90.9 Å². The van der Waals surface area contributed by atoms with Gasteiger partial charge in [0, 0.05) is 0 Å². The van der Waals surface area contributed by atoms with Crippen LogP contribution in [0.1, 0.15) is 195 Å². The first-order valence-electron chi connectivity index (χ1n) is 18.5. The smallest absolute Gasteiger partial charge is 0.0578 e. The molecule has 0 rings (SSSR count). The molecule has 0 spiro atoms. The van der Waals surface area contributed by atoms with Crippen LogP contribution in [-0.4, -0.2) is 12.2 Å². The molecule has 240 valence electrons. The molecule has 0 aromatic carbocycles. The molecule has 0 saturated carbocycles. The summed E-state index contributed by atoms with van der Waals surface area (Å²) in [4.78, 5) is 0. The van der Waals surface area contributed by atoms with Gasteiger partial charge in [0.05, 0.1) is 12.2 Å². The van der Waals surface area contributed by atoms with Crippen molar-refractivity contribution < 1.29 is 4.74 Å². The summed E-state index contributed by atoms with van der Waals surface area (Å²) in [6.45, 7) is 8.94. The first-order valence-corrected chi connectivity index (χ1v) is 18.5. The maximum Gasteiger partial charge on any atom is 0.0578 e. The molecule has 0 amide bonds. The molecule has 0 heterocycles. The van der Waals surface area contributed by atoms with Crippen molar-refractivity contribution in [3.05, 3.63) is 48.6 Å². The topological polar surface area (TPSA) is 9.23 Å². The van der Waals surface area contributed by atoms with E-state index in [1.807, 2.05) is 0 Å². The SMILES string of the molecule is CCCCC/C=C\C/C=C\CCCCCCCCC(CCCCCCCC/C=C\C/C=C\CCCCC)OC(C)C. The highest BCUT2D eigenvalue weighted by atomic mass is 16.5. The van der Waals surface area contributed by atoms with Gasteiger partial charge in [-0.2, -0.15) is 0 Å². The second-order valence-electron chi connectivity index (χ2n) is 12.6. The molecular formula is C40H74O. The molecule has 0 N–H and O–H groups in total. The number of hydrogen-bond donors (Lipinski definition) is 0. The van der Waals surface area contributed by atoms with Crippen LogP contribution in [0.3, 0.4) is 0 Å². The molecular weight excluding hydrogens is 496 g/mol. The number of rotatable bonds is 32. The Kier molecular flexibility index (Phi) is 34.2. The standard InChI is InChI=1S/C40H74O/c1-5-7-9-11-13-15-17-19-21-23-25-27-29-31-33-35-37-40(41-39(3)4)38-36-34-32-30-28-26-24-22-20-18-16-14-12-10-8-6-2/h13-16,19-22,39-40H,5-12,17-18,23-38H2,1-4H3/b15-13-,16-14-,21-19-,22-20-. The molecule has 1 heteroatoms. The zero-order valence-electron chi connectivity index (χ0n) is 28.6. The highest BCUT2D eigenvalue weighted by molar-refractivity contribution is 4.93. The van der Waals surface area contributed by atoms with Crippen LogP contribution in [0, 0.1) is 0 Å². The van der Waals surface area contributed by atoms with Gasteiger partial charge in [-0.3, -0.25) is 0 Å². The highest BCUT2D eigenvalue weighted by Crippen LogP contribution is 2.18. The molecule has 0 aliphatic rings. The van der Waals surface area contributed by atoms with Crippen LogP contribution < -0.4 is 0 Å². The maximum absolute atomic E-state index is 6.27. The normalized spacial score (nSPS) is 12.6. The molecule has 0 bridgehead atoms. The quantitative estimate of drug-likeness (QED) is 0.0577. The Morgan fingerprint density at radius 1 is 0.390 bits per heavy atom. The number of allylic oxidation sites excluding steroid dienone is 8. The van der Waals surface area contributed by atoms with Crippen LogP contribution in [0.25, 0.3) is 0 Å². The van der Waals surface area contributed by atoms with Gasteiger partial charge in [-0.1, -0.05) is 152 Å². The van der Waals surface area contributed by atoms with E-state index in [0.29, 0.717) is 12.2 Å². The van der Waals surface area contributed by atoms with Gasteiger partial charge < -0.3 is 4.74 Å². The monoisotopic (exact) mass is 571 g/mol. The van der Waals surface area contributed by atoms with Crippen molar-refractivity contribution in [2.45, 2.75) is 207 Å². The second kappa shape index (κ2) is 35.1. The van der Waals surface area contributed by atoms with E-state index in [-0.39, 0.29) is 0 Å². The third-order valence-corrected chi connectivity index (χ3v) is 7.92. The molecule has 41 heavy (non-hydrogen) atoms. The zero-order valence-corrected chi connectivity index (χ0v) is 28.6.